The number of pyridine rings is 1. The standard InChI is InChI=1S/C29H24N6O2S/c1-19-9-11-22(12-10-19)37-15-5-14-34-18-21(23-7-2-3-8-25(23)34)16-24-26(30)35-29(32-27(24)36)38-28(33-35)20-6-4-13-31-17-20/h2-4,6-13,16-18,30H,5,14-15H2,1H3/b24-16-,30-26?. The molecule has 6 rings (SSSR count). The fourth-order valence-corrected chi connectivity index (χ4v) is 5.27. The molecule has 0 aliphatic carbocycles. The molecule has 1 N–H and O–H groups in total. The normalized spacial score (nSPS) is 16.1. The maximum absolute atomic E-state index is 13.0. The molecule has 0 spiro atoms. The Kier molecular flexibility index (Phi) is 6.35. The summed E-state index contributed by atoms with van der Waals surface area (Å²) in [7, 11) is 0. The molecule has 0 unspecified atom stereocenters. The fraction of sp³-hybridized carbons (Fsp3) is 0.138. The molecule has 0 atom stereocenters. The van der Waals surface area contributed by atoms with Gasteiger partial charge in [0.05, 0.1) is 12.2 Å². The van der Waals surface area contributed by atoms with Gasteiger partial charge in [0, 0.05) is 47.2 Å². The molecule has 2 aromatic heterocycles. The first kappa shape index (κ1) is 23.9. The summed E-state index contributed by atoms with van der Waals surface area (Å²) in [5, 5.41) is 16.7. The number of amidine groups is 2. The van der Waals surface area contributed by atoms with Crippen molar-refractivity contribution >= 4 is 50.7 Å². The predicted molar refractivity (Wildman–Crippen MR) is 152 cm³/mol. The number of hydrazone groups is 1. The van der Waals surface area contributed by atoms with Crippen LogP contribution >= 0.6 is 11.8 Å². The molecule has 8 nitrogen and oxygen atoms in total. The van der Waals surface area contributed by atoms with Crippen LogP contribution in [0.4, 0.5) is 0 Å². The van der Waals surface area contributed by atoms with Crippen molar-refractivity contribution in [2.45, 2.75) is 19.9 Å². The van der Waals surface area contributed by atoms with E-state index in [2.05, 4.69) is 32.6 Å². The van der Waals surface area contributed by atoms with E-state index < -0.39 is 5.91 Å². The van der Waals surface area contributed by atoms with E-state index in [1.807, 2.05) is 60.8 Å². The van der Waals surface area contributed by atoms with Gasteiger partial charge < -0.3 is 9.30 Å². The molecule has 38 heavy (non-hydrogen) atoms. The number of rotatable bonds is 7. The lowest BCUT2D eigenvalue weighted by Crippen LogP contribution is -2.35. The topological polar surface area (TPSA) is 95.9 Å². The lowest BCUT2D eigenvalue weighted by atomic mass is 10.1. The summed E-state index contributed by atoms with van der Waals surface area (Å²) in [5.41, 5.74) is 4.14. The summed E-state index contributed by atoms with van der Waals surface area (Å²) in [6, 6.07) is 19.8. The van der Waals surface area contributed by atoms with Crippen molar-refractivity contribution in [3.63, 3.8) is 0 Å². The Balaban J connectivity index is 1.23. The SMILES string of the molecule is Cc1ccc(OCCCn2cc(/C=C3/C(=N)N4N=C(c5cccnc5)SC4=NC3=O)c3ccccc32)cc1. The van der Waals surface area contributed by atoms with Gasteiger partial charge in [-0.1, -0.05) is 35.9 Å². The third-order valence-corrected chi connectivity index (χ3v) is 7.27. The van der Waals surface area contributed by atoms with Crippen LogP contribution in [0.1, 0.15) is 23.1 Å². The number of amides is 1. The monoisotopic (exact) mass is 520 g/mol. The summed E-state index contributed by atoms with van der Waals surface area (Å²) in [6.07, 6.45) is 7.98. The molecular formula is C29H24N6O2S. The van der Waals surface area contributed by atoms with Crippen LogP contribution in [0.5, 0.6) is 5.75 Å². The van der Waals surface area contributed by atoms with Crippen LogP contribution in [0, 0.1) is 12.3 Å². The van der Waals surface area contributed by atoms with Crippen LogP contribution in [0.15, 0.2) is 94.9 Å². The molecule has 0 saturated heterocycles. The van der Waals surface area contributed by atoms with Crippen LogP contribution in [0.3, 0.4) is 0 Å². The number of para-hydroxylation sites is 1. The highest BCUT2D eigenvalue weighted by Crippen LogP contribution is 2.32. The highest BCUT2D eigenvalue weighted by molar-refractivity contribution is 8.27. The van der Waals surface area contributed by atoms with Gasteiger partial charge in [0.2, 0.25) is 5.17 Å². The largest absolute Gasteiger partial charge is 0.494 e. The number of carbonyl (C=O) groups excluding carboxylic acids is 1. The zero-order valence-electron chi connectivity index (χ0n) is 20.7. The highest BCUT2D eigenvalue weighted by atomic mass is 32.2. The van der Waals surface area contributed by atoms with Gasteiger partial charge in [-0.05, 0) is 61.5 Å². The minimum Gasteiger partial charge on any atom is -0.494 e. The first-order valence-corrected chi connectivity index (χ1v) is 13.1. The summed E-state index contributed by atoms with van der Waals surface area (Å²) < 4.78 is 8.06. The van der Waals surface area contributed by atoms with Crippen molar-refractivity contribution in [1.82, 2.24) is 14.6 Å². The quantitative estimate of drug-likeness (QED) is 0.257. The number of nitrogens with zero attached hydrogens (tertiary/aromatic N) is 5. The first-order valence-electron chi connectivity index (χ1n) is 12.2. The number of thioether (sulfide) groups is 1. The molecule has 0 saturated carbocycles. The Morgan fingerprint density at radius 1 is 1.08 bits per heavy atom. The van der Waals surface area contributed by atoms with Gasteiger partial charge >= 0.3 is 0 Å². The Labute approximate surface area is 223 Å². The molecule has 2 aliphatic rings. The zero-order valence-corrected chi connectivity index (χ0v) is 21.5. The van der Waals surface area contributed by atoms with E-state index in [0.717, 1.165) is 40.7 Å². The van der Waals surface area contributed by atoms with Crippen LogP contribution in [0.25, 0.3) is 17.0 Å². The van der Waals surface area contributed by atoms with Gasteiger partial charge in [0.15, 0.2) is 5.84 Å². The van der Waals surface area contributed by atoms with Crippen LogP contribution < -0.4 is 4.74 Å². The number of ether oxygens (including phenoxy) is 1. The number of fused-ring (bicyclic) bond motifs is 2. The number of carbonyl (C=O) groups is 1. The van der Waals surface area contributed by atoms with E-state index in [4.69, 9.17) is 10.1 Å². The number of aromatic nitrogens is 2. The molecule has 2 aromatic carbocycles. The van der Waals surface area contributed by atoms with Gasteiger partial charge in [-0.3, -0.25) is 15.2 Å². The van der Waals surface area contributed by atoms with Gasteiger partial charge in [0.25, 0.3) is 5.91 Å². The van der Waals surface area contributed by atoms with Gasteiger partial charge in [-0.2, -0.15) is 15.1 Å². The molecule has 9 heteroatoms. The Bertz CT molecular complexity index is 1640. The first-order chi connectivity index (χ1) is 18.6. The second-order valence-corrected chi connectivity index (χ2v) is 9.93. The van der Waals surface area contributed by atoms with Crippen LogP contribution in [-0.2, 0) is 11.3 Å². The minimum absolute atomic E-state index is 0.00900. The van der Waals surface area contributed by atoms with Crippen molar-refractivity contribution < 1.29 is 9.53 Å². The maximum atomic E-state index is 13.0. The molecule has 4 heterocycles. The zero-order chi connectivity index (χ0) is 26.1. The van der Waals surface area contributed by atoms with E-state index in [1.54, 1.807) is 18.5 Å². The third-order valence-electron chi connectivity index (χ3n) is 6.32. The summed E-state index contributed by atoms with van der Waals surface area (Å²) in [4.78, 5) is 21.3. The fourth-order valence-electron chi connectivity index (χ4n) is 4.39. The molecule has 2 aliphatic heterocycles. The van der Waals surface area contributed by atoms with E-state index in [1.165, 1.54) is 22.3 Å². The number of nitrogens with one attached hydrogen (secondary N) is 1. The van der Waals surface area contributed by atoms with Gasteiger partial charge in [0.1, 0.15) is 10.8 Å². The van der Waals surface area contributed by atoms with Crippen LogP contribution in [0.2, 0.25) is 0 Å². The second kappa shape index (κ2) is 10.1. The van der Waals surface area contributed by atoms with Crippen molar-refractivity contribution in [2.75, 3.05) is 6.61 Å². The minimum atomic E-state index is -0.445. The summed E-state index contributed by atoms with van der Waals surface area (Å²) >= 11 is 1.26. The summed E-state index contributed by atoms with van der Waals surface area (Å²) in [5.74, 6) is 0.427. The lowest BCUT2D eigenvalue weighted by molar-refractivity contribution is -0.114. The molecular weight excluding hydrogens is 496 g/mol. The van der Waals surface area contributed by atoms with Crippen molar-refractivity contribution in [3.05, 3.63) is 102 Å². The number of hydrogen-bond acceptors (Lipinski definition) is 6. The Hall–Kier alpha value is -4.50. The number of aliphatic imine (C=N–C) groups is 1. The number of hydrogen-bond donors (Lipinski definition) is 1. The smallest absolute Gasteiger partial charge is 0.283 e. The van der Waals surface area contributed by atoms with E-state index in [9.17, 15) is 4.79 Å². The van der Waals surface area contributed by atoms with Crippen LogP contribution in [-0.4, -0.2) is 43.1 Å². The van der Waals surface area contributed by atoms with Crippen molar-refractivity contribution in [3.8, 4) is 5.75 Å². The lowest BCUT2D eigenvalue weighted by Gasteiger charge is -2.20. The van der Waals surface area contributed by atoms with E-state index in [-0.39, 0.29) is 11.4 Å². The highest BCUT2D eigenvalue weighted by Gasteiger charge is 2.36. The molecule has 0 bridgehead atoms. The van der Waals surface area contributed by atoms with Gasteiger partial charge in [-0.15, -0.1) is 0 Å². The van der Waals surface area contributed by atoms with E-state index in [0.29, 0.717) is 16.8 Å². The predicted octanol–water partition coefficient (Wildman–Crippen LogP) is 5.48. The summed E-state index contributed by atoms with van der Waals surface area (Å²) in [6.45, 7) is 3.40. The number of aryl methyl sites for hydroxylation is 2. The maximum Gasteiger partial charge on any atom is 0.283 e. The molecule has 0 fully saturated rings. The Morgan fingerprint density at radius 3 is 2.74 bits per heavy atom. The molecule has 4 aromatic rings. The van der Waals surface area contributed by atoms with E-state index >= 15 is 0 Å². The van der Waals surface area contributed by atoms with Gasteiger partial charge in [-0.25, -0.2) is 0 Å². The molecule has 188 valence electrons. The molecule has 1 amide bonds. The molecule has 0 radical (unpaired) electrons. The third kappa shape index (κ3) is 4.64. The average Bonchev–Trinajstić information content (AvgIpc) is 3.52. The second-order valence-electron chi connectivity index (χ2n) is 8.98. The number of benzene rings is 2. The van der Waals surface area contributed by atoms with Crippen molar-refractivity contribution in [1.29, 1.82) is 5.41 Å². The van der Waals surface area contributed by atoms with Crippen molar-refractivity contribution in [2.24, 2.45) is 10.1 Å². The average molecular weight is 521 g/mol. The Morgan fingerprint density at radius 2 is 1.92 bits per heavy atom.